The van der Waals surface area contributed by atoms with Crippen LogP contribution in [0.5, 0.6) is 0 Å². The van der Waals surface area contributed by atoms with E-state index in [0.717, 1.165) is 0 Å². The zero-order valence-electron chi connectivity index (χ0n) is 7.00. The standard InChI is InChI=1S/C9H11BrFNO/c10-8-3-6(9(13)5-12)1-2-7(8)4-11/h1-3,9,13H,4-5,12H2. The molecule has 1 aromatic rings. The highest BCUT2D eigenvalue weighted by Gasteiger charge is 2.07. The van der Waals surface area contributed by atoms with E-state index in [1.165, 1.54) is 0 Å². The largest absolute Gasteiger partial charge is 0.387 e. The summed E-state index contributed by atoms with van der Waals surface area (Å²) in [6.07, 6.45) is -0.676. The molecule has 0 aliphatic carbocycles. The number of benzene rings is 1. The van der Waals surface area contributed by atoms with Crippen molar-refractivity contribution in [2.24, 2.45) is 5.73 Å². The molecule has 0 saturated carbocycles. The van der Waals surface area contributed by atoms with Gasteiger partial charge in [-0.1, -0.05) is 28.1 Å². The van der Waals surface area contributed by atoms with Crippen LogP contribution in [0.25, 0.3) is 0 Å². The van der Waals surface area contributed by atoms with Gasteiger partial charge in [-0.2, -0.15) is 0 Å². The van der Waals surface area contributed by atoms with Crippen LogP contribution in [-0.4, -0.2) is 11.7 Å². The Morgan fingerprint density at radius 3 is 2.69 bits per heavy atom. The summed E-state index contributed by atoms with van der Waals surface area (Å²) in [5.41, 5.74) is 6.56. The fourth-order valence-corrected chi connectivity index (χ4v) is 1.52. The Balaban J connectivity index is 2.95. The molecule has 4 heteroatoms. The molecular weight excluding hydrogens is 237 g/mol. The van der Waals surface area contributed by atoms with Gasteiger partial charge in [0.2, 0.25) is 0 Å². The van der Waals surface area contributed by atoms with Crippen molar-refractivity contribution >= 4 is 15.9 Å². The van der Waals surface area contributed by atoms with Crippen molar-refractivity contribution in [1.82, 2.24) is 0 Å². The molecule has 1 atom stereocenters. The molecule has 0 fully saturated rings. The molecule has 0 heterocycles. The van der Waals surface area contributed by atoms with Crippen molar-refractivity contribution in [3.63, 3.8) is 0 Å². The first-order chi connectivity index (χ1) is 6.19. The van der Waals surface area contributed by atoms with Gasteiger partial charge >= 0.3 is 0 Å². The highest BCUT2D eigenvalue weighted by molar-refractivity contribution is 9.10. The van der Waals surface area contributed by atoms with Gasteiger partial charge in [0, 0.05) is 11.0 Å². The molecule has 72 valence electrons. The van der Waals surface area contributed by atoms with Gasteiger partial charge < -0.3 is 10.8 Å². The first kappa shape index (κ1) is 10.6. The quantitative estimate of drug-likeness (QED) is 0.858. The van der Waals surface area contributed by atoms with Crippen LogP contribution in [0, 0.1) is 0 Å². The summed E-state index contributed by atoms with van der Waals surface area (Å²) in [5.74, 6) is 0. The second-order valence-electron chi connectivity index (χ2n) is 2.74. The highest BCUT2D eigenvalue weighted by atomic mass is 79.9. The van der Waals surface area contributed by atoms with Gasteiger partial charge in [-0.3, -0.25) is 0 Å². The highest BCUT2D eigenvalue weighted by Crippen LogP contribution is 2.22. The topological polar surface area (TPSA) is 46.2 Å². The Hall–Kier alpha value is -0.450. The van der Waals surface area contributed by atoms with Gasteiger partial charge in [-0.05, 0) is 17.2 Å². The van der Waals surface area contributed by atoms with Gasteiger partial charge in [0.1, 0.15) is 6.67 Å². The summed E-state index contributed by atoms with van der Waals surface area (Å²) in [4.78, 5) is 0. The average Bonchev–Trinajstić information content (AvgIpc) is 2.16. The number of rotatable bonds is 3. The predicted octanol–water partition coefficient (Wildman–Crippen LogP) is 1.91. The zero-order valence-corrected chi connectivity index (χ0v) is 8.59. The van der Waals surface area contributed by atoms with Gasteiger partial charge in [0.05, 0.1) is 6.10 Å². The fourth-order valence-electron chi connectivity index (χ4n) is 1.02. The molecule has 1 aromatic carbocycles. The van der Waals surface area contributed by atoms with Crippen molar-refractivity contribution in [3.05, 3.63) is 33.8 Å². The number of hydrogen-bond donors (Lipinski definition) is 2. The lowest BCUT2D eigenvalue weighted by atomic mass is 10.1. The smallest absolute Gasteiger partial charge is 0.116 e. The molecule has 0 amide bonds. The summed E-state index contributed by atoms with van der Waals surface area (Å²) < 4.78 is 13.0. The van der Waals surface area contributed by atoms with Crippen molar-refractivity contribution in [1.29, 1.82) is 0 Å². The van der Waals surface area contributed by atoms with Gasteiger partial charge in [0.15, 0.2) is 0 Å². The summed E-state index contributed by atoms with van der Waals surface area (Å²) >= 11 is 3.21. The molecule has 0 aromatic heterocycles. The van der Waals surface area contributed by atoms with Gasteiger partial charge in [-0.25, -0.2) is 4.39 Å². The Kier molecular flexibility index (Phi) is 3.84. The van der Waals surface area contributed by atoms with Crippen LogP contribution in [0.4, 0.5) is 4.39 Å². The summed E-state index contributed by atoms with van der Waals surface area (Å²) in [5, 5.41) is 9.38. The predicted molar refractivity (Wildman–Crippen MR) is 53.0 cm³/mol. The number of hydrogen-bond acceptors (Lipinski definition) is 2. The zero-order chi connectivity index (χ0) is 9.84. The first-order valence-corrected chi connectivity index (χ1v) is 4.70. The van der Waals surface area contributed by atoms with Crippen LogP contribution >= 0.6 is 15.9 Å². The lowest BCUT2D eigenvalue weighted by Crippen LogP contribution is -2.11. The van der Waals surface area contributed by atoms with Gasteiger partial charge in [0.25, 0.3) is 0 Å². The molecule has 2 nitrogen and oxygen atoms in total. The molecule has 0 bridgehead atoms. The molecule has 0 saturated heterocycles. The number of halogens is 2. The molecule has 0 spiro atoms. The molecular formula is C9H11BrFNO. The van der Waals surface area contributed by atoms with Crippen molar-refractivity contribution in [3.8, 4) is 0 Å². The second-order valence-corrected chi connectivity index (χ2v) is 3.59. The first-order valence-electron chi connectivity index (χ1n) is 3.91. The number of nitrogens with two attached hydrogens (primary N) is 1. The second kappa shape index (κ2) is 4.69. The van der Waals surface area contributed by atoms with Crippen LogP contribution in [-0.2, 0) is 6.67 Å². The Morgan fingerprint density at radius 2 is 2.23 bits per heavy atom. The van der Waals surface area contributed by atoms with Crippen LogP contribution in [0.1, 0.15) is 17.2 Å². The van der Waals surface area contributed by atoms with Gasteiger partial charge in [-0.15, -0.1) is 0 Å². The van der Waals surface area contributed by atoms with Crippen molar-refractivity contribution < 1.29 is 9.50 Å². The summed E-state index contributed by atoms with van der Waals surface area (Å²) in [7, 11) is 0. The van der Waals surface area contributed by atoms with Crippen LogP contribution < -0.4 is 5.73 Å². The monoisotopic (exact) mass is 247 g/mol. The Bertz CT molecular complexity index is 293. The van der Waals surface area contributed by atoms with Crippen LogP contribution in [0.2, 0.25) is 0 Å². The normalized spacial score (nSPS) is 12.9. The van der Waals surface area contributed by atoms with E-state index >= 15 is 0 Å². The number of aliphatic hydroxyl groups excluding tert-OH is 1. The molecule has 0 radical (unpaired) electrons. The third-order valence-corrected chi connectivity index (χ3v) is 2.57. The molecule has 0 aliphatic rings. The van der Waals surface area contributed by atoms with Crippen LogP contribution in [0.15, 0.2) is 22.7 Å². The minimum Gasteiger partial charge on any atom is -0.387 e. The maximum atomic E-state index is 12.3. The van der Waals surface area contributed by atoms with Crippen molar-refractivity contribution in [2.45, 2.75) is 12.8 Å². The molecule has 3 N–H and O–H groups in total. The van der Waals surface area contributed by atoms with E-state index < -0.39 is 12.8 Å². The van der Waals surface area contributed by atoms with Crippen LogP contribution in [0.3, 0.4) is 0 Å². The van der Waals surface area contributed by atoms with E-state index in [1.54, 1.807) is 18.2 Å². The van der Waals surface area contributed by atoms with E-state index in [-0.39, 0.29) is 6.54 Å². The third-order valence-electron chi connectivity index (χ3n) is 1.83. The fraction of sp³-hybridized carbons (Fsp3) is 0.333. The number of alkyl halides is 1. The SMILES string of the molecule is NCC(O)c1ccc(CF)c(Br)c1. The molecule has 0 aliphatic heterocycles. The van der Waals surface area contributed by atoms with E-state index in [0.29, 0.717) is 15.6 Å². The Morgan fingerprint density at radius 1 is 1.54 bits per heavy atom. The Labute approximate surface area is 84.7 Å². The lowest BCUT2D eigenvalue weighted by molar-refractivity contribution is 0.186. The van der Waals surface area contributed by atoms with Crippen molar-refractivity contribution in [2.75, 3.05) is 6.54 Å². The van der Waals surface area contributed by atoms with E-state index in [1.807, 2.05) is 0 Å². The molecule has 1 rings (SSSR count). The minimum atomic E-state index is -0.676. The maximum Gasteiger partial charge on any atom is 0.116 e. The molecule has 1 unspecified atom stereocenters. The number of aliphatic hydroxyl groups is 1. The third kappa shape index (κ3) is 2.49. The van der Waals surface area contributed by atoms with E-state index in [4.69, 9.17) is 5.73 Å². The average molecular weight is 248 g/mol. The minimum absolute atomic E-state index is 0.168. The summed E-state index contributed by atoms with van der Waals surface area (Å²) in [6.45, 7) is -0.346. The van der Waals surface area contributed by atoms with E-state index in [2.05, 4.69) is 15.9 Å². The molecule has 13 heavy (non-hydrogen) atoms. The maximum absolute atomic E-state index is 12.3. The lowest BCUT2D eigenvalue weighted by Gasteiger charge is -2.09. The van der Waals surface area contributed by atoms with E-state index in [9.17, 15) is 9.50 Å². The summed E-state index contributed by atoms with van der Waals surface area (Å²) in [6, 6.07) is 5.00.